The molecule has 2 aliphatic rings. The van der Waals surface area contributed by atoms with Crippen LogP contribution in [0.1, 0.15) is 12.5 Å². The predicted molar refractivity (Wildman–Crippen MR) is 169 cm³/mol. The van der Waals surface area contributed by atoms with Gasteiger partial charge in [-0.15, -0.1) is 0 Å². The van der Waals surface area contributed by atoms with Crippen LogP contribution in [-0.2, 0) is 49.7 Å². The SMILES string of the molecule is Nc1nc2c(ncn2[C@@H]2O[C@H](COP(=O)(O)OP(=O)(O)OP(=O)(O)OP(=O)(O)O[C@H]3[C@@H](O)[C@H](n4cnc5c(N)ncnc54)O[C@@H]3CO)[C@@H](O)[C@H]2O)c(=O)[nH]1. The molecule has 0 saturated carbocycles. The molecule has 13 N–H and O–H groups in total. The number of H-pyrrole nitrogens is 1. The van der Waals surface area contributed by atoms with Crippen LogP contribution in [-0.4, -0.2) is 129 Å². The first-order valence-corrected chi connectivity index (χ1v) is 20.5. The molecule has 34 heteroatoms. The number of ether oxygens (including phenoxy) is 2. The van der Waals surface area contributed by atoms with E-state index in [0.717, 1.165) is 28.1 Å². The van der Waals surface area contributed by atoms with Crippen LogP contribution in [0.15, 0.2) is 23.8 Å². The Balaban J connectivity index is 1.06. The number of aromatic nitrogens is 8. The molecule has 0 spiro atoms. The third kappa shape index (κ3) is 8.32. The fourth-order valence-electron chi connectivity index (χ4n) is 5.29. The second kappa shape index (κ2) is 14.7. The molecule has 0 amide bonds. The van der Waals surface area contributed by atoms with Crippen LogP contribution >= 0.6 is 31.3 Å². The van der Waals surface area contributed by atoms with Gasteiger partial charge in [-0.25, -0.2) is 38.2 Å². The van der Waals surface area contributed by atoms with E-state index < -0.39 is 99.1 Å². The lowest BCUT2D eigenvalue weighted by molar-refractivity contribution is -0.0509. The smallest absolute Gasteiger partial charge is 0.394 e. The number of nitrogens with zero attached hydrogens (tertiary/aromatic N) is 7. The third-order valence-electron chi connectivity index (χ3n) is 7.49. The van der Waals surface area contributed by atoms with Gasteiger partial charge in [0, 0.05) is 0 Å². The average Bonchev–Trinajstić information content (AvgIpc) is 3.80. The maximum atomic E-state index is 12.7. The molecular formula is C20H28N10O20P4. The summed E-state index contributed by atoms with van der Waals surface area (Å²) in [6, 6.07) is 0. The van der Waals surface area contributed by atoms with Crippen LogP contribution in [0.5, 0.6) is 0 Å². The van der Waals surface area contributed by atoms with Crippen LogP contribution in [0.4, 0.5) is 11.8 Å². The maximum absolute atomic E-state index is 12.7. The Labute approximate surface area is 297 Å². The van der Waals surface area contributed by atoms with Crippen molar-refractivity contribution in [3.63, 3.8) is 0 Å². The lowest BCUT2D eigenvalue weighted by Crippen LogP contribution is -2.35. The van der Waals surface area contributed by atoms with Crippen LogP contribution in [0, 0.1) is 0 Å². The monoisotopic (exact) mass is 852 g/mol. The number of fused-ring (bicyclic) bond motifs is 2. The molecular weight excluding hydrogens is 824 g/mol. The Hall–Kier alpha value is -3.18. The van der Waals surface area contributed by atoms with Crippen molar-refractivity contribution in [2.45, 2.75) is 49.1 Å². The van der Waals surface area contributed by atoms with Crippen LogP contribution < -0.4 is 17.0 Å². The molecule has 4 aromatic heterocycles. The Morgan fingerprint density at radius 3 is 2.00 bits per heavy atom. The van der Waals surface area contributed by atoms with Gasteiger partial charge in [0.2, 0.25) is 5.95 Å². The number of nitrogen functional groups attached to an aromatic ring is 2. The van der Waals surface area contributed by atoms with E-state index >= 15 is 0 Å². The molecule has 0 aliphatic carbocycles. The van der Waals surface area contributed by atoms with Crippen molar-refractivity contribution in [2.24, 2.45) is 0 Å². The maximum Gasteiger partial charge on any atom is 0.490 e. The van der Waals surface area contributed by atoms with Crippen molar-refractivity contribution >= 4 is 65.4 Å². The zero-order valence-electron chi connectivity index (χ0n) is 26.3. The van der Waals surface area contributed by atoms with Gasteiger partial charge in [-0.3, -0.25) is 28.0 Å². The first-order valence-electron chi connectivity index (χ1n) is 14.5. The Morgan fingerprint density at radius 1 is 0.759 bits per heavy atom. The number of rotatable bonds is 14. The van der Waals surface area contributed by atoms with Gasteiger partial charge in [-0.1, -0.05) is 0 Å². The largest absolute Gasteiger partial charge is 0.490 e. The Bertz CT molecular complexity index is 2310. The van der Waals surface area contributed by atoms with Gasteiger partial charge in [0.05, 0.1) is 25.9 Å². The standard InChI is InChI=1S/C20H28N10O20P4/c21-14-8-15(24-3-23-14)29(4-25-8)19-12(34)13(6(1-31)45-19)47-52(38,39)49-54(42,43)50-53(40,41)48-51(36,37)44-2-7-10(32)11(33)18(46-7)30-5-26-9-16(30)27-20(22)28-17(9)35/h3-7,10-13,18-19,31-34H,1-2H2,(H,36,37)(H,38,39)(H,40,41)(H,42,43)(H2,21,23,24)(H3,22,27,28,35)/t6-,7-,10-,11-,12-,13-,18-,19-/m1/s1. The number of aromatic amines is 1. The second-order valence-corrected chi connectivity index (χ2v) is 17.3. The number of imidazole rings is 2. The molecule has 4 unspecified atom stereocenters. The van der Waals surface area contributed by atoms with E-state index in [-0.39, 0.29) is 34.1 Å². The summed E-state index contributed by atoms with van der Waals surface area (Å²) < 4.78 is 84.0. The highest BCUT2D eigenvalue weighted by Crippen LogP contribution is 2.72. The van der Waals surface area contributed by atoms with E-state index in [2.05, 4.69) is 47.4 Å². The molecule has 2 saturated heterocycles. The molecule has 0 radical (unpaired) electrons. The highest BCUT2D eigenvalue weighted by Gasteiger charge is 2.52. The number of aliphatic hydroxyl groups excluding tert-OH is 4. The normalized spacial score (nSPS) is 30.6. The minimum Gasteiger partial charge on any atom is -0.394 e. The molecule has 6 heterocycles. The van der Waals surface area contributed by atoms with Gasteiger partial charge in [-0.05, 0) is 0 Å². The van der Waals surface area contributed by atoms with Crippen molar-refractivity contribution < 1.29 is 89.7 Å². The number of phosphoric ester groups is 2. The second-order valence-electron chi connectivity index (χ2n) is 11.1. The highest BCUT2D eigenvalue weighted by molar-refractivity contribution is 7.69. The fourth-order valence-corrected chi connectivity index (χ4v) is 10.4. The predicted octanol–water partition coefficient (Wildman–Crippen LogP) is -3.15. The van der Waals surface area contributed by atoms with Gasteiger partial charge >= 0.3 is 31.3 Å². The number of nitrogens with one attached hydrogen (secondary N) is 1. The summed E-state index contributed by atoms with van der Waals surface area (Å²) >= 11 is 0. The minimum atomic E-state index is -6.29. The first kappa shape index (κ1) is 40.5. The van der Waals surface area contributed by atoms with Crippen LogP contribution in [0.25, 0.3) is 22.3 Å². The average molecular weight is 852 g/mol. The summed E-state index contributed by atoms with van der Waals surface area (Å²) in [5.74, 6) is -0.392. The molecule has 4 aromatic rings. The summed E-state index contributed by atoms with van der Waals surface area (Å²) in [5, 5.41) is 41.5. The number of hydrogen-bond donors (Lipinski definition) is 11. The van der Waals surface area contributed by atoms with Crippen molar-refractivity contribution in [3.8, 4) is 0 Å². The van der Waals surface area contributed by atoms with Gasteiger partial charge in [0.25, 0.3) is 5.56 Å². The highest BCUT2D eigenvalue weighted by atomic mass is 31.3. The summed E-state index contributed by atoms with van der Waals surface area (Å²) in [5.41, 5.74) is 10.2. The van der Waals surface area contributed by atoms with Crippen molar-refractivity contribution in [2.75, 3.05) is 24.7 Å². The van der Waals surface area contributed by atoms with Crippen LogP contribution in [0.3, 0.4) is 0 Å². The molecule has 0 aromatic carbocycles. The summed E-state index contributed by atoms with van der Waals surface area (Å²) in [4.78, 5) is 73.7. The molecule has 54 heavy (non-hydrogen) atoms. The molecule has 30 nitrogen and oxygen atoms in total. The minimum absolute atomic E-state index is 0.0174. The molecule has 298 valence electrons. The molecule has 12 atom stereocenters. The zero-order valence-corrected chi connectivity index (χ0v) is 29.9. The van der Waals surface area contributed by atoms with Gasteiger partial charge < -0.3 is 60.9 Å². The van der Waals surface area contributed by atoms with Gasteiger partial charge in [0.15, 0.2) is 35.1 Å². The Kier molecular flexibility index (Phi) is 11.0. The van der Waals surface area contributed by atoms with E-state index in [1.54, 1.807) is 0 Å². The zero-order chi connectivity index (χ0) is 39.5. The number of phosphoric acid groups is 4. The quantitative estimate of drug-likeness (QED) is 0.0558. The molecule has 2 aliphatic heterocycles. The van der Waals surface area contributed by atoms with Gasteiger partial charge in [0.1, 0.15) is 48.5 Å². The molecule has 0 bridgehead atoms. The van der Waals surface area contributed by atoms with Crippen molar-refractivity contribution in [1.29, 1.82) is 0 Å². The fraction of sp³-hybridized carbons (Fsp3) is 0.500. The lowest BCUT2D eigenvalue weighted by Gasteiger charge is -2.24. The van der Waals surface area contributed by atoms with Crippen molar-refractivity contribution in [1.82, 2.24) is 39.0 Å². The van der Waals surface area contributed by atoms with E-state index in [1.165, 1.54) is 0 Å². The number of anilines is 2. The molecule has 2 fully saturated rings. The first-order chi connectivity index (χ1) is 25.1. The van der Waals surface area contributed by atoms with E-state index in [9.17, 15) is 63.1 Å². The Morgan fingerprint density at radius 2 is 1.33 bits per heavy atom. The van der Waals surface area contributed by atoms with Crippen LogP contribution in [0.2, 0.25) is 0 Å². The summed E-state index contributed by atoms with van der Waals surface area (Å²) in [7, 11) is -24.3. The van der Waals surface area contributed by atoms with E-state index in [0.29, 0.717) is 0 Å². The lowest BCUT2D eigenvalue weighted by atomic mass is 10.1. The summed E-state index contributed by atoms with van der Waals surface area (Å²) in [6.07, 6.45) is -10.9. The topological polar surface area (TPSA) is 454 Å². The van der Waals surface area contributed by atoms with Gasteiger partial charge in [-0.2, -0.15) is 17.9 Å². The summed E-state index contributed by atoms with van der Waals surface area (Å²) in [6.45, 7) is -2.15. The third-order valence-corrected chi connectivity index (χ3v) is 13.4. The number of nitrogens with two attached hydrogens (primary N) is 2. The van der Waals surface area contributed by atoms with E-state index in [4.69, 9.17) is 25.5 Å². The van der Waals surface area contributed by atoms with E-state index in [1.807, 2.05) is 0 Å². The number of aliphatic hydroxyl groups is 4. The molecule has 6 rings (SSSR count). The number of hydrogen-bond acceptors (Lipinski definition) is 23. The van der Waals surface area contributed by atoms with Crippen molar-refractivity contribution in [3.05, 3.63) is 29.3 Å².